The van der Waals surface area contributed by atoms with E-state index in [1.165, 1.54) is 19.2 Å². The molecule has 1 aliphatic rings. The number of esters is 1. The molecule has 2 N–H and O–H groups in total. The van der Waals surface area contributed by atoms with Gasteiger partial charge in [0.05, 0.1) is 31.5 Å². The van der Waals surface area contributed by atoms with Crippen molar-refractivity contribution in [3.05, 3.63) is 101 Å². The molecule has 1 atom stereocenters. The summed E-state index contributed by atoms with van der Waals surface area (Å²) in [7, 11) is 2.85. The number of rotatable bonds is 7. The molecule has 0 saturated heterocycles. The lowest BCUT2D eigenvalue weighted by Crippen LogP contribution is -2.45. The van der Waals surface area contributed by atoms with Gasteiger partial charge < -0.3 is 24.8 Å². The highest BCUT2D eigenvalue weighted by Crippen LogP contribution is 2.33. The van der Waals surface area contributed by atoms with Crippen molar-refractivity contribution in [3.8, 4) is 11.5 Å². The van der Waals surface area contributed by atoms with Gasteiger partial charge in [0.2, 0.25) is 0 Å². The molecule has 0 aliphatic carbocycles. The SMILES string of the molecule is COC(=O)C1=C(c2ccc(OC)cc2)NC(=O)NC1c1cccc(OCc2ccc(F)cc2)c1. The second kappa shape index (κ2) is 10.1. The molecule has 0 bridgehead atoms. The molecule has 1 heterocycles. The van der Waals surface area contributed by atoms with Crippen LogP contribution in [-0.2, 0) is 16.1 Å². The maximum atomic E-state index is 13.1. The molecule has 1 aliphatic heterocycles. The number of methoxy groups -OCH3 is 2. The van der Waals surface area contributed by atoms with Crippen molar-refractivity contribution in [1.82, 2.24) is 10.6 Å². The van der Waals surface area contributed by atoms with Crippen LogP contribution >= 0.6 is 0 Å². The average molecular weight is 462 g/mol. The lowest BCUT2D eigenvalue weighted by molar-refractivity contribution is -0.136. The molecule has 0 spiro atoms. The largest absolute Gasteiger partial charge is 0.497 e. The number of nitrogens with one attached hydrogen (secondary N) is 2. The number of amides is 2. The number of halogens is 1. The number of urea groups is 1. The van der Waals surface area contributed by atoms with E-state index < -0.39 is 18.0 Å². The van der Waals surface area contributed by atoms with Gasteiger partial charge in [-0.3, -0.25) is 0 Å². The molecule has 1 unspecified atom stereocenters. The zero-order valence-corrected chi connectivity index (χ0v) is 18.6. The highest BCUT2D eigenvalue weighted by atomic mass is 19.1. The summed E-state index contributed by atoms with van der Waals surface area (Å²) < 4.78 is 29.2. The summed E-state index contributed by atoms with van der Waals surface area (Å²) in [6.45, 7) is 0.235. The van der Waals surface area contributed by atoms with E-state index in [1.807, 2.05) is 0 Å². The first-order valence-corrected chi connectivity index (χ1v) is 10.5. The smallest absolute Gasteiger partial charge is 0.338 e. The third-order valence-electron chi connectivity index (χ3n) is 5.37. The van der Waals surface area contributed by atoms with Crippen molar-refractivity contribution < 1.29 is 28.2 Å². The molecule has 4 rings (SSSR count). The number of ether oxygens (including phenoxy) is 3. The fraction of sp³-hybridized carbons (Fsp3) is 0.154. The Morgan fingerprint density at radius 2 is 1.71 bits per heavy atom. The second-order valence-corrected chi connectivity index (χ2v) is 7.53. The Kier molecular flexibility index (Phi) is 6.77. The van der Waals surface area contributed by atoms with E-state index in [1.54, 1.807) is 67.8 Å². The van der Waals surface area contributed by atoms with Crippen LogP contribution in [0.3, 0.4) is 0 Å². The molecule has 7 nitrogen and oxygen atoms in total. The lowest BCUT2D eigenvalue weighted by atomic mass is 9.92. The van der Waals surface area contributed by atoms with E-state index in [0.29, 0.717) is 28.3 Å². The van der Waals surface area contributed by atoms with E-state index in [0.717, 1.165) is 5.56 Å². The van der Waals surface area contributed by atoms with Crippen molar-refractivity contribution in [2.75, 3.05) is 14.2 Å². The van der Waals surface area contributed by atoms with E-state index in [-0.39, 0.29) is 18.0 Å². The first-order valence-electron chi connectivity index (χ1n) is 10.5. The molecule has 174 valence electrons. The van der Waals surface area contributed by atoms with Crippen molar-refractivity contribution in [3.63, 3.8) is 0 Å². The minimum Gasteiger partial charge on any atom is -0.497 e. The molecular weight excluding hydrogens is 439 g/mol. The molecule has 0 aromatic heterocycles. The predicted octanol–water partition coefficient (Wildman–Crippen LogP) is 4.35. The maximum absolute atomic E-state index is 13.1. The first-order chi connectivity index (χ1) is 16.5. The molecular formula is C26H23FN2O5. The summed E-state index contributed by atoms with van der Waals surface area (Å²) in [6, 6.07) is 18.8. The van der Waals surface area contributed by atoms with Crippen molar-refractivity contribution in [2.45, 2.75) is 12.6 Å². The summed E-state index contributed by atoms with van der Waals surface area (Å²) in [4.78, 5) is 25.4. The van der Waals surface area contributed by atoms with Crippen LogP contribution < -0.4 is 20.1 Å². The molecule has 0 radical (unpaired) electrons. The normalized spacial score (nSPS) is 15.3. The van der Waals surface area contributed by atoms with Gasteiger partial charge in [-0.25, -0.2) is 14.0 Å². The summed E-state index contributed by atoms with van der Waals surface area (Å²) >= 11 is 0. The lowest BCUT2D eigenvalue weighted by Gasteiger charge is -2.29. The monoisotopic (exact) mass is 462 g/mol. The molecule has 0 saturated carbocycles. The van der Waals surface area contributed by atoms with Gasteiger partial charge in [-0.15, -0.1) is 0 Å². The third kappa shape index (κ3) is 5.01. The van der Waals surface area contributed by atoms with Crippen molar-refractivity contribution >= 4 is 17.7 Å². The molecule has 3 aromatic rings. The fourth-order valence-electron chi connectivity index (χ4n) is 3.66. The Morgan fingerprint density at radius 3 is 2.38 bits per heavy atom. The quantitative estimate of drug-likeness (QED) is 0.510. The molecule has 2 amide bonds. The second-order valence-electron chi connectivity index (χ2n) is 7.53. The van der Waals surface area contributed by atoms with Gasteiger partial charge in [-0.2, -0.15) is 0 Å². The minimum absolute atomic E-state index is 0.235. The van der Waals surface area contributed by atoms with Crippen LogP contribution in [0.15, 0.2) is 78.4 Å². The Hall–Kier alpha value is -4.33. The standard InChI is InChI=1S/C26H23FN2O5/c1-32-20-12-8-17(9-13-20)23-22(25(30)33-2)24(29-26(31)28-23)18-4-3-5-21(14-18)34-15-16-6-10-19(27)11-7-16/h3-14,24H,15H2,1-2H3,(H2,28,29,31). The first kappa shape index (κ1) is 22.8. The highest BCUT2D eigenvalue weighted by molar-refractivity contribution is 6.04. The zero-order valence-electron chi connectivity index (χ0n) is 18.6. The zero-order chi connectivity index (χ0) is 24.1. The van der Waals surface area contributed by atoms with E-state index in [2.05, 4.69) is 10.6 Å². The van der Waals surface area contributed by atoms with Gasteiger partial charge in [0.25, 0.3) is 0 Å². The molecule has 34 heavy (non-hydrogen) atoms. The number of hydrogen-bond acceptors (Lipinski definition) is 5. The summed E-state index contributed by atoms with van der Waals surface area (Å²) in [5.41, 5.74) is 2.67. The molecule has 8 heteroatoms. The number of hydrogen-bond donors (Lipinski definition) is 2. The Morgan fingerprint density at radius 1 is 0.971 bits per heavy atom. The average Bonchev–Trinajstić information content (AvgIpc) is 2.87. The summed E-state index contributed by atoms with van der Waals surface area (Å²) in [6.07, 6.45) is 0. The minimum atomic E-state index is -0.771. The summed E-state index contributed by atoms with van der Waals surface area (Å²) in [5.74, 6) is 0.278. The molecule has 0 fully saturated rings. The Bertz CT molecular complexity index is 1220. The summed E-state index contributed by atoms with van der Waals surface area (Å²) in [5, 5.41) is 5.52. The molecule has 3 aromatic carbocycles. The van der Waals surface area contributed by atoms with Crippen LogP contribution in [0.25, 0.3) is 5.70 Å². The van der Waals surface area contributed by atoms with Gasteiger partial charge >= 0.3 is 12.0 Å². The highest BCUT2D eigenvalue weighted by Gasteiger charge is 2.34. The van der Waals surface area contributed by atoms with E-state index in [9.17, 15) is 14.0 Å². The van der Waals surface area contributed by atoms with Crippen LogP contribution in [0.1, 0.15) is 22.7 Å². The van der Waals surface area contributed by atoms with Gasteiger partial charge in [0, 0.05) is 0 Å². The van der Waals surface area contributed by atoms with Crippen LogP contribution in [0.2, 0.25) is 0 Å². The van der Waals surface area contributed by atoms with Crippen LogP contribution in [0, 0.1) is 5.82 Å². The van der Waals surface area contributed by atoms with Gasteiger partial charge in [-0.05, 0) is 65.2 Å². The Labute approximate surface area is 196 Å². The fourth-order valence-corrected chi connectivity index (χ4v) is 3.66. The van der Waals surface area contributed by atoms with Gasteiger partial charge in [-0.1, -0.05) is 24.3 Å². The topological polar surface area (TPSA) is 85.9 Å². The van der Waals surface area contributed by atoms with E-state index in [4.69, 9.17) is 14.2 Å². The van der Waals surface area contributed by atoms with Crippen LogP contribution in [0.5, 0.6) is 11.5 Å². The number of benzene rings is 3. The third-order valence-corrected chi connectivity index (χ3v) is 5.37. The Balaban J connectivity index is 1.68. The van der Waals surface area contributed by atoms with Crippen LogP contribution in [-0.4, -0.2) is 26.2 Å². The van der Waals surface area contributed by atoms with Crippen molar-refractivity contribution in [2.24, 2.45) is 0 Å². The van der Waals surface area contributed by atoms with Crippen molar-refractivity contribution in [1.29, 1.82) is 0 Å². The number of carbonyl (C=O) groups excluding carboxylic acids is 2. The number of carbonyl (C=O) groups is 2. The van der Waals surface area contributed by atoms with Gasteiger partial charge in [0.1, 0.15) is 23.9 Å². The van der Waals surface area contributed by atoms with E-state index >= 15 is 0 Å². The predicted molar refractivity (Wildman–Crippen MR) is 124 cm³/mol. The van der Waals surface area contributed by atoms with Gasteiger partial charge in [0.15, 0.2) is 0 Å². The van der Waals surface area contributed by atoms with Crippen LogP contribution in [0.4, 0.5) is 9.18 Å². The maximum Gasteiger partial charge on any atom is 0.338 e.